The molecule has 22 heavy (non-hydrogen) atoms. The number of thioether (sulfide) groups is 1. The Morgan fingerprint density at radius 1 is 1.32 bits per heavy atom. The van der Waals surface area contributed by atoms with E-state index in [2.05, 4.69) is 46.1 Å². The van der Waals surface area contributed by atoms with Crippen LogP contribution in [0, 0.1) is 0 Å². The summed E-state index contributed by atoms with van der Waals surface area (Å²) in [5.41, 5.74) is 0. The second-order valence-corrected chi connectivity index (χ2v) is 8.17. The number of rotatable bonds is 5. The predicted molar refractivity (Wildman–Crippen MR) is 110 cm³/mol. The van der Waals surface area contributed by atoms with Gasteiger partial charge < -0.3 is 10.6 Å². The molecular weight excluding hydrogens is 407 g/mol. The smallest absolute Gasteiger partial charge is 0.191 e. The van der Waals surface area contributed by atoms with Crippen LogP contribution in [0.15, 0.2) is 4.99 Å². The summed E-state index contributed by atoms with van der Waals surface area (Å²) in [4.78, 5) is 6.98. The highest BCUT2D eigenvalue weighted by Gasteiger charge is 2.29. The third-order valence-electron chi connectivity index (χ3n) is 4.81. The predicted octanol–water partition coefficient (Wildman–Crippen LogP) is 2.93. The molecule has 0 bridgehead atoms. The molecule has 2 unspecified atom stereocenters. The van der Waals surface area contributed by atoms with E-state index >= 15 is 0 Å². The van der Waals surface area contributed by atoms with Gasteiger partial charge in [-0.2, -0.15) is 11.8 Å². The lowest BCUT2D eigenvalue weighted by Gasteiger charge is -2.35. The van der Waals surface area contributed by atoms with Crippen molar-refractivity contribution in [2.75, 3.05) is 39.0 Å². The summed E-state index contributed by atoms with van der Waals surface area (Å²) in [5, 5.41) is 7.06. The Bertz CT molecular complexity index is 345. The van der Waals surface area contributed by atoms with Gasteiger partial charge in [-0.15, -0.1) is 24.0 Å². The molecule has 0 spiro atoms. The molecule has 2 heterocycles. The lowest BCUT2D eigenvalue weighted by molar-refractivity contribution is 0.157. The number of hydrogen-bond acceptors (Lipinski definition) is 3. The van der Waals surface area contributed by atoms with E-state index in [0.29, 0.717) is 10.8 Å². The van der Waals surface area contributed by atoms with Crippen molar-refractivity contribution in [1.82, 2.24) is 15.5 Å². The van der Waals surface area contributed by atoms with Crippen molar-refractivity contribution in [2.45, 2.75) is 56.7 Å². The number of piperidine rings is 1. The number of likely N-dealkylation sites (tertiary alicyclic amines) is 1. The largest absolute Gasteiger partial charge is 0.355 e. The molecule has 2 atom stereocenters. The molecule has 0 amide bonds. The van der Waals surface area contributed by atoms with Gasteiger partial charge in [0.25, 0.3) is 0 Å². The summed E-state index contributed by atoms with van der Waals surface area (Å²) in [6.45, 7) is 9.07. The zero-order valence-corrected chi connectivity index (χ0v) is 17.5. The van der Waals surface area contributed by atoms with Crippen molar-refractivity contribution in [2.24, 2.45) is 4.99 Å². The Morgan fingerprint density at radius 2 is 2.14 bits per heavy atom. The maximum Gasteiger partial charge on any atom is 0.191 e. The molecule has 2 aliphatic heterocycles. The van der Waals surface area contributed by atoms with Gasteiger partial charge in [0.1, 0.15) is 0 Å². The van der Waals surface area contributed by atoms with Crippen LogP contribution in [0.1, 0.15) is 46.0 Å². The number of likely N-dealkylation sites (N-methyl/N-ethyl adjacent to an activating group) is 1. The summed E-state index contributed by atoms with van der Waals surface area (Å²) in [6, 6.07) is 0.666. The fourth-order valence-corrected chi connectivity index (χ4v) is 4.63. The normalized spacial score (nSPS) is 30.0. The highest BCUT2D eigenvalue weighted by atomic mass is 127. The van der Waals surface area contributed by atoms with Gasteiger partial charge in [-0.1, -0.05) is 13.3 Å². The average molecular weight is 440 g/mol. The monoisotopic (exact) mass is 440 g/mol. The topological polar surface area (TPSA) is 39.7 Å². The number of aliphatic imine (C=N–C) groups is 1. The van der Waals surface area contributed by atoms with Crippen molar-refractivity contribution >= 4 is 41.7 Å². The number of halogens is 1. The third kappa shape index (κ3) is 6.07. The van der Waals surface area contributed by atoms with E-state index in [1.54, 1.807) is 0 Å². The molecule has 4 nitrogen and oxygen atoms in total. The zero-order chi connectivity index (χ0) is 15.1. The minimum Gasteiger partial charge on any atom is -0.355 e. The van der Waals surface area contributed by atoms with Crippen LogP contribution >= 0.6 is 35.7 Å². The second kappa shape index (κ2) is 10.2. The highest BCUT2D eigenvalue weighted by molar-refractivity contribution is 14.0. The van der Waals surface area contributed by atoms with Crippen molar-refractivity contribution in [3.8, 4) is 0 Å². The number of nitrogens with one attached hydrogen (secondary N) is 2. The van der Waals surface area contributed by atoms with E-state index in [0.717, 1.165) is 25.6 Å². The van der Waals surface area contributed by atoms with E-state index in [4.69, 9.17) is 0 Å². The standard InChI is InChI=1S/C16H32N4S.HI/c1-4-20-10-6-5-8-14(20)12-18-15(17-3)19-13-16(2)9-7-11-21-16;/h14H,4-13H2,1-3H3,(H2,17,18,19);1H. The molecule has 0 radical (unpaired) electrons. The SMILES string of the molecule is CCN1CCCCC1CNC(=NC)NCC1(C)CCCS1.I. The van der Waals surface area contributed by atoms with E-state index in [1.807, 2.05) is 7.05 Å². The van der Waals surface area contributed by atoms with Gasteiger partial charge in [-0.3, -0.25) is 9.89 Å². The van der Waals surface area contributed by atoms with E-state index < -0.39 is 0 Å². The van der Waals surface area contributed by atoms with Crippen LogP contribution in [0.5, 0.6) is 0 Å². The molecule has 0 saturated carbocycles. The molecule has 2 aliphatic rings. The quantitative estimate of drug-likeness (QED) is 0.392. The molecule has 6 heteroatoms. The third-order valence-corrected chi connectivity index (χ3v) is 6.35. The van der Waals surface area contributed by atoms with Crippen molar-refractivity contribution < 1.29 is 0 Å². The van der Waals surface area contributed by atoms with Crippen LogP contribution in [-0.4, -0.2) is 60.6 Å². The van der Waals surface area contributed by atoms with Gasteiger partial charge in [-0.25, -0.2) is 0 Å². The molecular formula is C16H33IN4S. The Labute approximate surface area is 157 Å². The highest BCUT2D eigenvalue weighted by Crippen LogP contribution is 2.36. The molecule has 0 aromatic carbocycles. The number of guanidine groups is 1. The number of nitrogens with zero attached hydrogens (tertiary/aromatic N) is 2. The Morgan fingerprint density at radius 3 is 2.77 bits per heavy atom. The van der Waals surface area contributed by atoms with Crippen LogP contribution in [0.25, 0.3) is 0 Å². The van der Waals surface area contributed by atoms with Gasteiger partial charge in [0.2, 0.25) is 0 Å². The van der Waals surface area contributed by atoms with E-state index in [9.17, 15) is 0 Å². The first kappa shape index (κ1) is 20.4. The Balaban J connectivity index is 0.00000242. The van der Waals surface area contributed by atoms with Gasteiger partial charge in [-0.05, 0) is 51.4 Å². The van der Waals surface area contributed by atoms with E-state index in [-0.39, 0.29) is 24.0 Å². The number of hydrogen-bond donors (Lipinski definition) is 2. The molecule has 0 aromatic heterocycles. The fraction of sp³-hybridized carbons (Fsp3) is 0.938. The van der Waals surface area contributed by atoms with Gasteiger partial charge in [0.15, 0.2) is 5.96 Å². The summed E-state index contributed by atoms with van der Waals surface area (Å²) >= 11 is 2.09. The van der Waals surface area contributed by atoms with E-state index in [1.165, 1.54) is 44.4 Å². The molecule has 130 valence electrons. The summed E-state index contributed by atoms with van der Waals surface area (Å²) < 4.78 is 0.387. The summed E-state index contributed by atoms with van der Waals surface area (Å²) in [5.74, 6) is 2.27. The van der Waals surface area contributed by atoms with Crippen LogP contribution < -0.4 is 10.6 Å². The van der Waals surface area contributed by atoms with Gasteiger partial charge in [0, 0.05) is 30.9 Å². The molecule has 2 rings (SSSR count). The van der Waals surface area contributed by atoms with Crippen LogP contribution in [-0.2, 0) is 0 Å². The maximum atomic E-state index is 4.38. The van der Waals surface area contributed by atoms with Gasteiger partial charge in [0.05, 0.1) is 0 Å². The fourth-order valence-electron chi connectivity index (χ4n) is 3.39. The molecule has 2 saturated heterocycles. The first-order valence-corrected chi connectivity index (χ1v) is 9.48. The minimum atomic E-state index is 0. The second-order valence-electron chi connectivity index (χ2n) is 6.49. The Hall–Kier alpha value is 0.310. The molecule has 2 fully saturated rings. The minimum absolute atomic E-state index is 0. The van der Waals surface area contributed by atoms with Crippen molar-refractivity contribution in [3.05, 3.63) is 0 Å². The molecule has 0 aromatic rings. The lowest BCUT2D eigenvalue weighted by atomic mass is 10.0. The Kier molecular flexibility index (Phi) is 9.47. The van der Waals surface area contributed by atoms with Crippen LogP contribution in [0.2, 0.25) is 0 Å². The van der Waals surface area contributed by atoms with Gasteiger partial charge >= 0.3 is 0 Å². The first-order chi connectivity index (χ1) is 10.2. The maximum absolute atomic E-state index is 4.38. The summed E-state index contributed by atoms with van der Waals surface area (Å²) in [6.07, 6.45) is 6.69. The van der Waals surface area contributed by atoms with Crippen molar-refractivity contribution in [1.29, 1.82) is 0 Å². The zero-order valence-electron chi connectivity index (χ0n) is 14.4. The molecule has 0 aliphatic carbocycles. The average Bonchev–Trinajstić information content (AvgIpc) is 2.95. The van der Waals surface area contributed by atoms with Crippen LogP contribution in [0.4, 0.5) is 0 Å². The van der Waals surface area contributed by atoms with Crippen molar-refractivity contribution in [3.63, 3.8) is 0 Å². The summed E-state index contributed by atoms with van der Waals surface area (Å²) in [7, 11) is 1.87. The molecule has 2 N–H and O–H groups in total. The van der Waals surface area contributed by atoms with Crippen LogP contribution in [0.3, 0.4) is 0 Å². The first-order valence-electron chi connectivity index (χ1n) is 8.49. The lowest BCUT2D eigenvalue weighted by Crippen LogP contribution is -2.50.